The Bertz CT molecular complexity index is 356. The van der Waals surface area contributed by atoms with E-state index in [0.29, 0.717) is 10.8 Å². The van der Waals surface area contributed by atoms with Gasteiger partial charge in [-0.15, -0.1) is 0 Å². The zero-order chi connectivity index (χ0) is 14.6. The molecule has 0 N–H and O–H groups in total. The van der Waals surface area contributed by atoms with Gasteiger partial charge in [0.25, 0.3) is 0 Å². The van der Waals surface area contributed by atoms with Gasteiger partial charge in [0, 0.05) is 0 Å². The third-order valence-electron chi connectivity index (χ3n) is 4.01. The summed E-state index contributed by atoms with van der Waals surface area (Å²) in [6, 6.07) is 0. The molecule has 0 radical (unpaired) electrons. The van der Waals surface area contributed by atoms with Crippen LogP contribution in [0.25, 0.3) is 0 Å². The summed E-state index contributed by atoms with van der Waals surface area (Å²) >= 11 is -3.85. The Morgan fingerprint density at radius 3 is 1.00 bits per heavy atom. The van der Waals surface area contributed by atoms with Crippen molar-refractivity contribution in [3.63, 3.8) is 0 Å². The predicted molar refractivity (Wildman–Crippen MR) is 90.0 cm³/mol. The van der Waals surface area contributed by atoms with E-state index in [4.69, 9.17) is 0 Å². The molecule has 18 heavy (non-hydrogen) atoms. The summed E-state index contributed by atoms with van der Waals surface area (Å²) in [5.74, 6) is 10.3. The summed E-state index contributed by atoms with van der Waals surface area (Å²) in [6.45, 7) is 14.4. The van der Waals surface area contributed by atoms with Crippen LogP contribution in [0.5, 0.6) is 0 Å². The summed E-state index contributed by atoms with van der Waals surface area (Å²) < 4.78 is 3.67. The molecule has 1 aliphatic heterocycles. The van der Waals surface area contributed by atoms with Gasteiger partial charge in [0.1, 0.15) is 0 Å². The summed E-state index contributed by atoms with van der Waals surface area (Å²) in [6.07, 6.45) is 0. The van der Waals surface area contributed by atoms with E-state index in [0.717, 1.165) is 0 Å². The molecule has 0 saturated carbocycles. The van der Waals surface area contributed by atoms with Crippen LogP contribution in [0.4, 0.5) is 0 Å². The zero-order valence-corrected chi connectivity index (χ0v) is 18.4. The Hall–Kier alpha value is 0.566. The maximum absolute atomic E-state index is 2.79. The van der Waals surface area contributed by atoms with Crippen LogP contribution in [-0.2, 0) is 0 Å². The second-order valence-corrected chi connectivity index (χ2v) is 27.0. The molecule has 0 spiro atoms. The van der Waals surface area contributed by atoms with Crippen LogP contribution < -0.4 is 0 Å². The van der Waals surface area contributed by atoms with Gasteiger partial charge in [0.2, 0.25) is 0 Å². The normalized spacial score (nSPS) is 23.4. The molecule has 0 aliphatic carbocycles. The Morgan fingerprint density at radius 1 is 0.611 bits per heavy atom. The second kappa shape index (κ2) is 4.55. The fourth-order valence-corrected chi connectivity index (χ4v) is 34.8. The van der Waals surface area contributed by atoms with Gasteiger partial charge in [-0.2, -0.15) is 0 Å². The third-order valence-corrected chi connectivity index (χ3v) is 20.4. The minimum absolute atomic E-state index is 0.367. The quantitative estimate of drug-likeness (QED) is 0.493. The van der Waals surface area contributed by atoms with Crippen molar-refractivity contribution < 1.29 is 0 Å². The van der Waals surface area contributed by atoms with Gasteiger partial charge in [-0.25, -0.2) is 0 Å². The summed E-state index contributed by atoms with van der Waals surface area (Å²) in [5.41, 5.74) is 0.734. The molecular formula is C16H32Ge2. The Balaban J connectivity index is 3.42. The molecule has 2 heteroatoms. The van der Waals surface area contributed by atoms with E-state index >= 15 is 0 Å². The molecule has 0 aromatic carbocycles. The average molecular weight is 370 g/mol. The fourth-order valence-electron chi connectivity index (χ4n) is 3.62. The SMILES string of the molecule is CC(C)(C)[C]1=[CH][Ge]([CH3])([CH3])[C](C(C)(C)C)=[CH][Ge]1([CH3])[CH3]. The molecule has 1 aliphatic rings. The van der Waals surface area contributed by atoms with E-state index in [9.17, 15) is 0 Å². The molecule has 0 aromatic rings. The summed E-state index contributed by atoms with van der Waals surface area (Å²) in [7, 11) is 0. The maximum atomic E-state index is 2.79. The van der Waals surface area contributed by atoms with Crippen molar-refractivity contribution in [3.05, 3.63) is 18.6 Å². The fraction of sp³-hybridized carbons (Fsp3) is 0.750. The van der Waals surface area contributed by atoms with Crippen LogP contribution in [-0.4, -0.2) is 26.5 Å². The first-order chi connectivity index (χ1) is 7.68. The Morgan fingerprint density at radius 2 is 0.833 bits per heavy atom. The Kier molecular flexibility index (Phi) is 4.20. The molecule has 0 bridgehead atoms. The molecule has 0 aromatic heterocycles. The average Bonchev–Trinajstić information content (AvgIpc) is 2.05. The monoisotopic (exact) mass is 372 g/mol. The van der Waals surface area contributed by atoms with E-state index in [2.05, 4.69) is 74.4 Å². The van der Waals surface area contributed by atoms with Gasteiger partial charge in [-0.05, 0) is 0 Å². The molecular weight excluding hydrogens is 337 g/mol. The third kappa shape index (κ3) is 3.36. The van der Waals surface area contributed by atoms with Crippen molar-refractivity contribution in [2.24, 2.45) is 10.8 Å². The van der Waals surface area contributed by atoms with Gasteiger partial charge in [-0.1, -0.05) is 0 Å². The molecule has 104 valence electrons. The van der Waals surface area contributed by atoms with Crippen LogP contribution >= 0.6 is 0 Å². The van der Waals surface area contributed by atoms with E-state index < -0.39 is 26.5 Å². The van der Waals surface area contributed by atoms with Crippen LogP contribution in [0.15, 0.2) is 18.6 Å². The molecule has 1 rings (SSSR count). The van der Waals surface area contributed by atoms with E-state index in [1.54, 1.807) is 0 Å². The molecule has 0 saturated heterocycles. The zero-order valence-electron chi connectivity index (χ0n) is 14.2. The van der Waals surface area contributed by atoms with Crippen molar-refractivity contribution in [2.75, 3.05) is 0 Å². The van der Waals surface area contributed by atoms with Crippen LogP contribution in [0.3, 0.4) is 0 Å². The van der Waals surface area contributed by atoms with E-state index in [1.807, 2.05) is 8.81 Å². The number of hydrogen-bond donors (Lipinski definition) is 0. The van der Waals surface area contributed by atoms with E-state index in [-0.39, 0.29) is 0 Å². The van der Waals surface area contributed by atoms with Crippen molar-refractivity contribution in [2.45, 2.75) is 64.6 Å². The second-order valence-electron chi connectivity index (χ2n) is 9.06. The van der Waals surface area contributed by atoms with Crippen molar-refractivity contribution in [1.82, 2.24) is 0 Å². The van der Waals surface area contributed by atoms with Gasteiger partial charge in [0.15, 0.2) is 0 Å². The van der Waals surface area contributed by atoms with Crippen LogP contribution in [0.2, 0.25) is 23.0 Å². The summed E-state index contributed by atoms with van der Waals surface area (Å²) in [4.78, 5) is 5.58. The van der Waals surface area contributed by atoms with E-state index in [1.165, 1.54) is 0 Å². The Labute approximate surface area is 120 Å². The van der Waals surface area contributed by atoms with Crippen LogP contribution in [0.1, 0.15) is 41.5 Å². The van der Waals surface area contributed by atoms with Gasteiger partial charge >= 0.3 is 121 Å². The van der Waals surface area contributed by atoms with Crippen molar-refractivity contribution >= 4 is 26.5 Å². The molecule has 0 atom stereocenters. The van der Waals surface area contributed by atoms with Gasteiger partial charge in [0.05, 0.1) is 0 Å². The topological polar surface area (TPSA) is 0 Å². The number of rotatable bonds is 0. The molecule has 1 heterocycles. The van der Waals surface area contributed by atoms with Crippen molar-refractivity contribution in [3.8, 4) is 0 Å². The van der Waals surface area contributed by atoms with Crippen molar-refractivity contribution in [1.29, 1.82) is 0 Å². The molecule has 0 unspecified atom stereocenters. The van der Waals surface area contributed by atoms with Gasteiger partial charge in [-0.3, -0.25) is 0 Å². The first-order valence-corrected chi connectivity index (χ1v) is 20.1. The number of hydrogen-bond acceptors (Lipinski definition) is 0. The first-order valence-electron chi connectivity index (χ1n) is 7.15. The van der Waals surface area contributed by atoms with Crippen LogP contribution in [0, 0.1) is 10.8 Å². The van der Waals surface area contributed by atoms with Gasteiger partial charge < -0.3 is 0 Å². The molecule has 0 nitrogen and oxygen atoms in total. The number of allylic oxidation sites excluding steroid dienone is 2. The minimum atomic E-state index is -1.92. The standard InChI is InChI=1S/C16H32Ge2/c1-15(2,3)13-11-18(9,10)14(16(4,5)6)12-17(13,7)8/h11-12H,1-10H3. The molecule has 0 amide bonds. The first kappa shape index (κ1) is 16.6. The predicted octanol–water partition coefficient (Wildman–Crippen LogP) is 5.52. The summed E-state index contributed by atoms with van der Waals surface area (Å²) in [5, 5.41) is 0. The molecule has 0 fully saturated rings.